The van der Waals surface area contributed by atoms with Crippen molar-refractivity contribution in [3.63, 3.8) is 0 Å². The first kappa shape index (κ1) is 12.8. The molecule has 0 aliphatic heterocycles. The molecule has 2 aromatic rings. The number of thioether (sulfide) groups is 1. The van der Waals surface area contributed by atoms with Crippen molar-refractivity contribution in [3.05, 3.63) is 42.4 Å². The Morgan fingerprint density at radius 2 is 2.06 bits per heavy atom. The van der Waals surface area contributed by atoms with Crippen LogP contribution in [0.2, 0.25) is 0 Å². The maximum absolute atomic E-state index is 5.47. The lowest BCUT2D eigenvalue weighted by molar-refractivity contribution is 1.17. The van der Waals surface area contributed by atoms with Gasteiger partial charge in [-0.15, -0.1) is 11.8 Å². The normalized spacial score (nSPS) is 10.1. The van der Waals surface area contributed by atoms with Crippen molar-refractivity contribution >= 4 is 40.5 Å². The van der Waals surface area contributed by atoms with E-state index in [9.17, 15) is 0 Å². The largest absolute Gasteiger partial charge is 0.388 e. The van der Waals surface area contributed by atoms with Gasteiger partial charge >= 0.3 is 0 Å². The molecule has 1 aromatic carbocycles. The second-order valence-electron chi connectivity index (χ2n) is 3.48. The zero-order valence-corrected chi connectivity index (χ0v) is 11.4. The maximum atomic E-state index is 5.47. The third-order valence-corrected chi connectivity index (χ3v) is 3.28. The van der Waals surface area contributed by atoms with E-state index in [1.54, 1.807) is 24.2 Å². The van der Waals surface area contributed by atoms with Gasteiger partial charge in [0, 0.05) is 4.90 Å². The van der Waals surface area contributed by atoms with Crippen LogP contribution in [-0.4, -0.2) is 21.2 Å². The van der Waals surface area contributed by atoms with Gasteiger partial charge in [-0.2, -0.15) is 0 Å². The fourth-order valence-corrected chi connectivity index (χ4v) is 2.06. The minimum Gasteiger partial charge on any atom is -0.388 e. The number of benzene rings is 1. The molecule has 92 valence electrons. The second kappa shape index (κ2) is 5.79. The van der Waals surface area contributed by atoms with Crippen molar-refractivity contribution in [2.45, 2.75) is 4.90 Å². The second-order valence-corrected chi connectivity index (χ2v) is 4.76. The van der Waals surface area contributed by atoms with E-state index in [0.717, 1.165) is 10.6 Å². The molecular weight excluding hydrogens is 264 g/mol. The molecule has 3 N–H and O–H groups in total. The summed E-state index contributed by atoms with van der Waals surface area (Å²) in [5, 5.41) is 3.21. The van der Waals surface area contributed by atoms with Gasteiger partial charge in [0.05, 0.1) is 18.1 Å². The van der Waals surface area contributed by atoms with E-state index in [1.165, 1.54) is 0 Å². The number of aromatic nitrogens is 2. The lowest BCUT2D eigenvalue weighted by Crippen LogP contribution is -2.12. The van der Waals surface area contributed by atoms with Crippen LogP contribution in [-0.2, 0) is 0 Å². The van der Waals surface area contributed by atoms with Gasteiger partial charge in [-0.3, -0.25) is 0 Å². The van der Waals surface area contributed by atoms with Crippen LogP contribution in [0.4, 0.5) is 11.5 Å². The van der Waals surface area contributed by atoms with Gasteiger partial charge in [0.2, 0.25) is 0 Å². The van der Waals surface area contributed by atoms with Crippen LogP contribution in [0.5, 0.6) is 0 Å². The molecule has 1 heterocycles. The van der Waals surface area contributed by atoms with Crippen molar-refractivity contribution in [1.29, 1.82) is 0 Å². The average Bonchev–Trinajstić information content (AvgIpc) is 2.40. The number of rotatable bonds is 4. The summed E-state index contributed by atoms with van der Waals surface area (Å²) >= 11 is 6.50. The first-order valence-corrected chi connectivity index (χ1v) is 6.86. The Balaban J connectivity index is 2.21. The molecule has 0 saturated carbocycles. The highest BCUT2D eigenvalue weighted by Gasteiger charge is 2.03. The van der Waals surface area contributed by atoms with E-state index in [0.29, 0.717) is 11.5 Å². The van der Waals surface area contributed by atoms with E-state index in [1.807, 2.05) is 30.5 Å². The van der Waals surface area contributed by atoms with Crippen molar-refractivity contribution in [3.8, 4) is 0 Å². The van der Waals surface area contributed by atoms with Crippen molar-refractivity contribution < 1.29 is 0 Å². The van der Waals surface area contributed by atoms with E-state index in [4.69, 9.17) is 18.0 Å². The quantitative estimate of drug-likeness (QED) is 0.661. The number of nitrogens with two attached hydrogens (primary N) is 1. The molecule has 0 atom stereocenters. The molecule has 0 spiro atoms. The number of thiocarbonyl (C=S) groups is 1. The van der Waals surface area contributed by atoms with E-state index < -0.39 is 0 Å². The number of nitrogens with one attached hydrogen (secondary N) is 1. The molecule has 1 aromatic heterocycles. The van der Waals surface area contributed by atoms with Crippen molar-refractivity contribution in [2.75, 3.05) is 11.6 Å². The molecule has 4 nitrogen and oxygen atoms in total. The Morgan fingerprint density at radius 3 is 2.67 bits per heavy atom. The van der Waals surface area contributed by atoms with Gasteiger partial charge in [-0.1, -0.05) is 24.4 Å². The smallest absolute Gasteiger partial charge is 0.148 e. The summed E-state index contributed by atoms with van der Waals surface area (Å²) in [6.45, 7) is 0. The average molecular weight is 276 g/mol. The van der Waals surface area contributed by atoms with E-state index in [-0.39, 0.29) is 4.99 Å². The fourth-order valence-electron chi connectivity index (χ4n) is 1.41. The molecule has 0 amide bonds. The minimum atomic E-state index is 0.249. The van der Waals surface area contributed by atoms with Crippen LogP contribution in [0, 0.1) is 0 Å². The molecule has 2 rings (SSSR count). The van der Waals surface area contributed by atoms with Gasteiger partial charge in [0.1, 0.15) is 16.5 Å². The molecular formula is C12H12N4S2. The molecule has 0 aliphatic carbocycles. The van der Waals surface area contributed by atoms with Gasteiger partial charge < -0.3 is 11.1 Å². The van der Waals surface area contributed by atoms with Crippen molar-refractivity contribution in [1.82, 2.24) is 9.97 Å². The summed E-state index contributed by atoms with van der Waals surface area (Å²) < 4.78 is 0. The first-order valence-electron chi connectivity index (χ1n) is 5.22. The molecule has 18 heavy (non-hydrogen) atoms. The first-order chi connectivity index (χ1) is 8.70. The van der Waals surface area contributed by atoms with Crippen molar-refractivity contribution in [2.24, 2.45) is 5.73 Å². The van der Waals surface area contributed by atoms with Gasteiger partial charge in [0.15, 0.2) is 0 Å². The fraction of sp³-hybridized carbons (Fsp3) is 0.0833. The summed E-state index contributed by atoms with van der Waals surface area (Å²) in [5.74, 6) is 0.663. The highest BCUT2D eigenvalue weighted by molar-refractivity contribution is 7.98. The highest BCUT2D eigenvalue weighted by atomic mass is 32.2. The molecule has 0 saturated heterocycles. The van der Waals surface area contributed by atoms with Gasteiger partial charge in [0.25, 0.3) is 0 Å². The summed E-state index contributed by atoms with van der Waals surface area (Å²) in [6, 6.07) is 8.01. The topological polar surface area (TPSA) is 63.8 Å². The number of nitrogens with zero attached hydrogens (tertiary/aromatic N) is 2. The number of para-hydroxylation sites is 1. The number of anilines is 2. The summed E-state index contributed by atoms with van der Waals surface area (Å²) in [4.78, 5) is 9.75. The summed E-state index contributed by atoms with van der Waals surface area (Å²) in [6.07, 6.45) is 5.21. The van der Waals surface area contributed by atoms with Crippen LogP contribution >= 0.6 is 24.0 Å². The van der Waals surface area contributed by atoms with Gasteiger partial charge in [-0.25, -0.2) is 9.97 Å². The monoisotopic (exact) mass is 276 g/mol. The number of hydrogen-bond donors (Lipinski definition) is 2. The van der Waals surface area contributed by atoms with Crippen LogP contribution in [0.1, 0.15) is 5.69 Å². The SMILES string of the molecule is CSc1ccccc1Nc1cnc(C(N)=S)cn1. The maximum Gasteiger partial charge on any atom is 0.148 e. The number of hydrogen-bond acceptors (Lipinski definition) is 5. The lowest BCUT2D eigenvalue weighted by Gasteiger charge is -2.09. The van der Waals surface area contributed by atoms with Crippen LogP contribution in [0.25, 0.3) is 0 Å². The Hall–Kier alpha value is -1.66. The van der Waals surface area contributed by atoms with Gasteiger partial charge in [-0.05, 0) is 18.4 Å². The predicted octanol–water partition coefficient (Wildman–Crippen LogP) is 2.58. The third kappa shape index (κ3) is 2.96. The Morgan fingerprint density at radius 1 is 1.28 bits per heavy atom. The standard InChI is InChI=1S/C12H12N4S2/c1-18-10-5-3-2-4-8(10)16-11-7-14-9(6-15-11)12(13)17/h2-7H,1H3,(H2,13,17)(H,15,16). The molecule has 0 aliphatic rings. The Labute approximate surface area is 115 Å². The zero-order valence-electron chi connectivity index (χ0n) is 9.75. The molecule has 0 fully saturated rings. The zero-order chi connectivity index (χ0) is 13.0. The minimum absolute atomic E-state index is 0.249. The predicted molar refractivity (Wildman–Crippen MR) is 79.4 cm³/mol. The molecule has 0 unspecified atom stereocenters. The highest BCUT2D eigenvalue weighted by Crippen LogP contribution is 2.26. The Kier molecular flexibility index (Phi) is 4.11. The van der Waals surface area contributed by atoms with E-state index >= 15 is 0 Å². The summed E-state index contributed by atoms with van der Waals surface area (Å²) in [7, 11) is 0. The van der Waals surface area contributed by atoms with Crippen LogP contribution < -0.4 is 11.1 Å². The molecule has 0 bridgehead atoms. The summed E-state index contributed by atoms with van der Waals surface area (Å²) in [5.41, 5.74) is 6.99. The van der Waals surface area contributed by atoms with Crippen LogP contribution in [0.15, 0.2) is 41.6 Å². The van der Waals surface area contributed by atoms with E-state index in [2.05, 4.69) is 15.3 Å². The van der Waals surface area contributed by atoms with Crippen LogP contribution in [0.3, 0.4) is 0 Å². The lowest BCUT2D eigenvalue weighted by atomic mass is 10.3. The third-order valence-electron chi connectivity index (χ3n) is 2.27. The Bertz CT molecular complexity index is 554. The molecule has 6 heteroatoms. The molecule has 0 radical (unpaired) electrons.